The van der Waals surface area contributed by atoms with Crippen LogP contribution in [0.5, 0.6) is 11.5 Å². The second kappa shape index (κ2) is 8.55. The van der Waals surface area contributed by atoms with E-state index in [4.69, 9.17) is 9.47 Å². The fraction of sp³-hybridized carbons (Fsp3) is 0.304. The Kier molecular flexibility index (Phi) is 6.12. The van der Waals surface area contributed by atoms with Gasteiger partial charge in [0.2, 0.25) is 0 Å². The average Bonchev–Trinajstić information content (AvgIpc) is 2.69. The largest absolute Gasteiger partial charge is 0.497 e. The van der Waals surface area contributed by atoms with Crippen molar-refractivity contribution in [3.05, 3.63) is 71.5 Å². The van der Waals surface area contributed by atoms with Crippen molar-refractivity contribution < 1.29 is 22.6 Å². The molecule has 0 bridgehead atoms. The molecule has 0 heterocycles. The summed E-state index contributed by atoms with van der Waals surface area (Å²) in [5.74, 6) is -0.843. The van der Waals surface area contributed by atoms with Crippen molar-refractivity contribution in [2.24, 2.45) is 0 Å². The Hall–Kier alpha value is -2.69. The SMILES string of the molecule is CCCCCc1ccc2cc(OC(F)(F)c3ccc(OC)cc3)c(F)cc2c1. The third-order valence-electron chi connectivity index (χ3n) is 4.69. The van der Waals surface area contributed by atoms with E-state index in [0.717, 1.165) is 31.2 Å². The molecule has 5 heteroatoms. The van der Waals surface area contributed by atoms with Crippen molar-refractivity contribution >= 4 is 10.8 Å². The number of halogens is 3. The number of rotatable bonds is 8. The minimum Gasteiger partial charge on any atom is -0.497 e. The summed E-state index contributed by atoms with van der Waals surface area (Å²) in [5, 5.41) is 1.33. The van der Waals surface area contributed by atoms with Gasteiger partial charge in [-0.1, -0.05) is 38.0 Å². The molecule has 0 aromatic heterocycles. The van der Waals surface area contributed by atoms with Gasteiger partial charge < -0.3 is 9.47 Å². The molecule has 0 N–H and O–H groups in total. The minimum atomic E-state index is -3.67. The van der Waals surface area contributed by atoms with Gasteiger partial charge in [0.15, 0.2) is 11.6 Å². The molecule has 3 aromatic carbocycles. The Morgan fingerprint density at radius 2 is 1.64 bits per heavy atom. The van der Waals surface area contributed by atoms with Crippen LogP contribution < -0.4 is 9.47 Å². The predicted molar refractivity (Wildman–Crippen MR) is 105 cm³/mol. The first kappa shape index (κ1) is 20.1. The van der Waals surface area contributed by atoms with Gasteiger partial charge in [-0.3, -0.25) is 0 Å². The molecule has 0 saturated heterocycles. The van der Waals surface area contributed by atoms with Crippen molar-refractivity contribution in [1.29, 1.82) is 0 Å². The number of benzene rings is 3. The minimum absolute atomic E-state index is 0.376. The lowest BCUT2D eigenvalue weighted by molar-refractivity contribution is -0.186. The molecule has 0 aliphatic heterocycles. The van der Waals surface area contributed by atoms with Crippen LogP contribution in [-0.4, -0.2) is 7.11 Å². The van der Waals surface area contributed by atoms with Gasteiger partial charge in [-0.05, 0) is 65.6 Å². The van der Waals surface area contributed by atoms with Gasteiger partial charge in [-0.2, -0.15) is 8.78 Å². The van der Waals surface area contributed by atoms with Crippen molar-refractivity contribution in [3.63, 3.8) is 0 Å². The molecule has 3 aromatic rings. The Morgan fingerprint density at radius 3 is 2.32 bits per heavy atom. The normalized spacial score (nSPS) is 11.6. The van der Waals surface area contributed by atoms with E-state index in [0.29, 0.717) is 16.5 Å². The summed E-state index contributed by atoms with van der Waals surface area (Å²) < 4.78 is 53.1. The number of ether oxygens (including phenoxy) is 2. The van der Waals surface area contributed by atoms with E-state index in [9.17, 15) is 13.2 Å². The monoisotopic (exact) mass is 388 g/mol. The first-order valence-corrected chi connectivity index (χ1v) is 9.36. The fourth-order valence-electron chi connectivity index (χ4n) is 3.09. The average molecular weight is 388 g/mol. The molecule has 0 saturated carbocycles. The quantitative estimate of drug-likeness (QED) is 0.393. The summed E-state index contributed by atoms with van der Waals surface area (Å²) in [7, 11) is 1.45. The maximum absolute atomic E-state index is 14.5. The van der Waals surface area contributed by atoms with E-state index in [1.807, 2.05) is 18.2 Å². The van der Waals surface area contributed by atoms with Crippen molar-refractivity contribution in [1.82, 2.24) is 0 Å². The van der Waals surface area contributed by atoms with E-state index in [1.54, 1.807) is 0 Å². The molecule has 2 nitrogen and oxygen atoms in total. The summed E-state index contributed by atoms with van der Waals surface area (Å²) in [6.07, 6.45) is 0.588. The lowest BCUT2D eigenvalue weighted by atomic mass is 10.0. The van der Waals surface area contributed by atoms with Crippen molar-refractivity contribution in [2.75, 3.05) is 7.11 Å². The Balaban J connectivity index is 1.83. The first-order chi connectivity index (χ1) is 13.4. The Labute approximate surface area is 162 Å². The van der Waals surface area contributed by atoms with Crippen LogP contribution in [0, 0.1) is 5.82 Å². The highest BCUT2D eigenvalue weighted by Crippen LogP contribution is 2.35. The van der Waals surface area contributed by atoms with Gasteiger partial charge in [0.25, 0.3) is 0 Å². The number of hydrogen-bond donors (Lipinski definition) is 0. The number of methoxy groups -OCH3 is 1. The molecule has 0 aliphatic carbocycles. The third-order valence-corrected chi connectivity index (χ3v) is 4.69. The summed E-state index contributed by atoms with van der Waals surface area (Å²) >= 11 is 0. The zero-order valence-electron chi connectivity index (χ0n) is 16.0. The van der Waals surface area contributed by atoms with E-state index >= 15 is 0 Å². The number of fused-ring (bicyclic) bond motifs is 1. The van der Waals surface area contributed by atoms with Gasteiger partial charge in [-0.25, -0.2) is 4.39 Å². The molecular formula is C23H23F3O2. The van der Waals surface area contributed by atoms with Crippen LogP contribution in [0.3, 0.4) is 0 Å². The van der Waals surface area contributed by atoms with Crippen LogP contribution >= 0.6 is 0 Å². The first-order valence-electron chi connectivity index (χ1n) is 9.36. The lowest BCUT2D eigenvalue weighted by Crippen LogP contribution is -2.22. The fourth-order valence-corrected chi connectivity index (χ4v) is 3.09. The number of hydrogen-bond acceptors (Lipinski definition) is 2. The number of aryl methyl sites for hydroxylation is 1. The van der Waals surface area contributed by atoms with Crippen LogP contribution in [0.25, 0.3) is 10.8 Å². The van der Waals surface area contributed by atoms with E-state index in [-0.39, 0.29) is 5.56 Å². The highest BCUT2D eigenvalue weighted by atomic mass is 19.3. The lowest BCUT2D eigenvalue weighted by Gasteiger charge is -2.19. The Bertz CT molecular complexity index is 936. The van der Waals surface area contributed by atoms with E-state index in [1.165, 1.54) is 43.5 Å². The zero-order valence-corrected chi connectivity index (χ0v) is 16.0. The molecule has 0 radical (unpaired) electrons. The van der Waals surface area contributed by atoms with Crippen LogP contribution in [-0.2, 0) is 12.5 Å². The van der Waals surface area contributed by atoms with Crippen LogP contribution in [0.15, 0.2) is 54.6 Å². The standard InChI is InChI=1S/C23H23F3O2/c1-3-4-5-6-16-7-8-17-15-22(21(24)14-18(17)13-16)28-23(25,26)19-9-11-20(27-2)12-10-19/h7-15H,3-6H2,1-2H3. The summed E-state index contributed by atoms with van der Waals surface area (Å²) in [6, 6.07) is 13.4. The van der Waals surface area contributed by atoms with Crippen LogP contribution in [0.2, 0.25) is 0 Å². The van der Waals surface area contributed by atoms with Gasteiger partial charge in [0.1, 0.15) is 5.75 Å². The second-order valence-corrected chi connectivity index (χ2v) is 6.77. The van der Waals surface area contributed by atoms with Gasteiger partial charge >= 0.3 is 6.11 Å². The van der Waals surface area contributed by atoms with Gasteiger partial charge in [-0.15, -0.1) is 0 Å². The molecule has 3 rings (SSSR count). The van der Waals surface area contributed by atoms with Gasteiger partial charge in [0, 0.05) is 0 Å². The van der Waals surface area contributed by atoms with Crippen molar-refractivity contribution in [3.8, 4) is 11.5 Å². The van der Waals surface area contributed by atoms with Crippen molar-refractivity contribution in [2.45, 2.75) is 38.7 Å². The number of alkyl halides is 2. The third kappa shape index (κ3) is 4.58. The second-order valence-electron chi connectivity index (χ2n) is 6.77. The number of unbranched alkanes of at least 4 members (excludes halogenated alkanes) is 2. The summed E-state index contributed by atoms with van der Waals surface area (Å²) in [5.41, 5.74) is 0.733. The maximum Gasteiger partial charge on any atom is 0.426 e. The van der Waals surface area contributed by atoms with Crippen LogP contribution in [0.1, 0.15) is 37.3 Å². The molecule has 0 atom stereocenters. The van der Waals surface area contributed by atoms with E-state index < -0.39 is 17.7 Å². The molecule has 28 heavy (non-hydrogen) atoms. The zero-order chi connectivity index (χ0) is 20.1. The van der Waals surface area contributed by atoms with Gasteiger partial charge in [0.05, 0.1) is 12.7 Å². The molecule has 148 valence electrons. The maximum atomic E-state index is 14.5. The molecule has 0 spiro atoms. The summed E-state index contributed by atoms with van der Waals surface area (Å²) in [6.45, 7) is 2.14. The Morgan fingerprint density at radius 1 is 0.893 bits per heavy atom. The molecule has 0 fully saturated rings. The smallest absolute Gasteiger partial charge is 0.426 e. The summed E-state index contributed by atoms with van der Waals surface area (Å²) in [4.78, 5) is 0. The van der Waals surface area contributed by atoms with Crippen LogP contribution in [0.4, 0.5) is 13.2 Å². The molecule has 0 aliphatic rings. The highest BCUT2D eigenvalue weighted by Gasteiger charge is 2.35. The predicted octanol–water partition coefficient (Wildman–Crippen LogP) is 6.85. The topological polar surface area (TPSA) is 18.5 Å². The molecule has 0 unspecified atom stereocenters. The molecule has 0 amide bonds. The molecular weight excluding hydrogens is 365 g/mol. The highest BCUT2D eigenvalue weighted by molar-refractivity contribution is 5.84. The van der Waals surface area contributed by atoms with E-state index in [2.05, 4.69) is 6.92 Å².